The Labute approximate surface area is 142 Å². The Bertz CT molecular complexity index is 877. The van der Waals surface area contributed by atoms with Crippen molar-refractivity contribution in [3.8, 4) is 0 Å². The Morgan fingerprint density at radius 3 is 2.48 bits per heavy atom. The molecular weight excluding hydrogens is 335 g/mol. The zero-order chi connectivity index (χ0) is 16.4. The molecule has 1 amide bonds. The molecule has 3 aromatic rings. The smallest absolute Gasteiger partial charge is 0.258 e. The molecule has 0 radical (unpaired) electrons. The van der Waals surface area contributed by atoms with E-state index in [-0.39, 0.29) is 22.2 Å². The van der Waals surface area contributed by atoms with Crippen molar-refractivity contribution in [3.05, 3.63) is 69.8 Å². The van der Waals surface area contributed by atoms with Gasteiger partial charge < -0.3 is 10.4 Å². The molecule has 0 saturated heterocycles. The van der Waals surface area contributed by atoms with Crippen LogP contribution < -0.4 is 5.32 Å². The minimum Gasteiger partial charge on any atom is -0.392 e. The summed E-state index contributed by atoms with van der Waals surface area (Å²) in [7, 11) is 0. The Balaban J connectivity index is 2.04. The zero-order valence-corrected chi connectivity index (χ0v) is 13.4. The molecule has 1 heterocycles. The van der Waals surface area contributed by atoms with E-state index in [2.05, 4.69) is 10.3 Å². The van der Waals surface area contributed by atoms with Gasteiger partial charge >= 0.3 is 0 Å². The minimum absolute atomic E-state index is 0.104. The Kier molecular flexibility index (Phi) is 4.48. The number of benzene rings is 2. The van der Waals surface area contributed by atoms with E-state index in [0.29, 0.717) is 11.2 Å². The summed E-state index contributed by atoms with van der Waals surface area (Å²) in [5.74, 6) is -0.413. The van der Waals surface area contributed by atoms with E-state index in [9.17, 15) is 9.90 Å². The molecule has 4 nitrogen and oxygen atoms in total. The van der Waals surface area contributed by atoms with Gasteiger partial charge in [-0.1, -0.05) is 41.4 Å². The number of fused-ring (bicyclic) bond motifs is 1. The third kappa shape index (κ3) is 3.01. The number of amides is 1. The predicted molar refractivity (Wildman–Crippen MR) is 92.1 cm³/mol. The third-order valence-electron chi connectivity index (χ3n) is 3.47. The van der Waals surface area contributed by atoms with Gasteiger partial charge in [0.25, 0.3) is 5.91 Å². The lowest BCUT2D eigenvalue weighted by Gasteiger charge is -2.11. The highest BCUT2D eigenvalue weighted by Gasteiger charge is 2.16. The second-order valence-electron chi connectivity index (χ2n) is 4.88. The number of hydrogen-bond donors (Lipinski definition) is 2. The summed E-state index contributed by atoms with van der Waals surface area (Å²) < 4.78 is 0. The SMILES string of the molecule is O=C(Nc1cccc2c(CO)ccnc12)c1c(Cl)cccc1Cl. The summed E-state index contributed by atoms with van der Waals surface area (Å²) in [4.78, 5) is 16.8. The number of carbonyl (C=O) groups is 1. The number of pyridine rings is 1. The van der Waals surface area contributed by atoms with Crippen LogP contribution in [0.1, 0.15) is 15.9 Å². The number of aliphatic hydroxyl groups is 1. The van der Waals surface area contributed by atoms with E-state index >= 15 is 0 Å². The van der Waals surface area contributed by atoms with Crippen LogP contribution in [0.15, 0.2) is 48.7 Å². The maximum atomic E-state index is 12.5. The van der Waals surface area contributed by atoms with Crippen LogP contribution in [-0.2, 0) is 6.61 Å². The molecule has 6 heteroatoms. The first-order chi connectivity index (χ1) is 11.1. The summed E-state index contributed by atoms with van der Waals surface area (Å²) in [6, 6.07) is 12.0. The summed E-state index contributed by atoms with van der Waals surface area (Å²) in [5, 5.41) is 13.5. The topological polar surface area (TPSA) is 62.2 Å². The van der Waals surface area contributed by atoms with E-state index < -0.39 is 5.91 Å². The average Bonchev–Trinajstić information content (AvgIpc) is 2.54. The van der Waals surface area contributed by atoms with Crippen LogP contribution in [0.5, 0.6) is 0 Å². The molecular formula is C17H12Cl2N2O2. The van der Waals surface area contributed by atoms with Crippen LogP contribution in [0.3, 0.4) is 0 Å². The van der Waals surface area contributed by atoms with Crippen molar-refractivity contribution in [1.29, 1.82) is 0 Å². The Morgan fingerprint density at radius 1 is 1.09 bits per heavy atom. The van der Waals surface area contributed by atoms with Crippen molar-refractivity contribution in [1.82, 2.24) is 4.98 Å². The second-order valence-corrected chi connectivity index (χ2v) is 5.70. The number of nitrogens with one attached hydrogen (secondary N) is 1. The number of halogens is 2. The number of para-hydroxylation sites is 1. The molecule has 116 valence electrons. The van der Waals surface area contributed by atoms with Gasteiger partial charge in [0, 0.05) is 11.6 Å². The second kappa shape index (κ2) is 6.54. The normalized spacial score (nSPS) is 10.7. The number of rotatable bonds is 3. The van der Waals surface area contributed by atoms with Gasteiger partial charge in [0.1, 0.15) is 0 Å². The van der Waals surface area contributed by atoms with Gasteiger partial charge in [0.05, 0.1) is 33.4 Å². The summed E-state index contributed by atoms with van der Waals surface area (Å²) >= 11 is 12.1. The van der Waals surface area contributed by atoms with E-state index in [1.165, 1.54) is 0 Å². The summed E-state index contributed by atoms with van der Waals surface area (Å²) in [5.41, 5.74) is 2.07. The van der Waals surface area contributed by atoms with Gasteiger partial charge in [0.15, 0.2) is 0 Å². The van der Waals surface area contributed by atoms with E-state index in [1.807, 2.05) is 6.07 Å². The lowest BCUT2D eigenvalue weighted by molar-refractivity contribution is 0.102. The largest absolute Gasteiger partial charge is 0.392 e. The van der Waals surface area contributed by atoms with Crippen molar-refractivity contribution in [2.24, 2.45) is 0 Å². The lowest BCUT2D eigenvalue weighted by atomic mass is 10.1. The van der Waals surface area contributed by atoms with Gasteiger partial charge in [-0.3, -0.25) is 9.78 Å². The van der Waals surface area contributed by atoms with Gasteiger partial charge in [-0.25, -0.2) is 0 Å². The molecule has 0 atom stereocenters. The maximum absolute atomic E-state index is 12.5. The molecule has 0 aliphatic heterocycles. The van der Waals surface area contributed by atoms with Crippen LogP contribution >= 0.6 is 23.2 Å². The van der Waals surface area contributed by atoms with Crippen molar-refractivity contribution >= 4 is 45.7 Å². The molecule has 2 aromatic carbocycles. The number of anilines is 1. The van der Waals surface area contributed by atoms with Gasteiger partial charge in [-0.2, -0.15) is 0 Å². The molecule has 0 fully saturated rings. The van der Waals surface area contributed by atoms with Crippen molar-refractivity contribution in [2.45, 2.75) is 6.61 Å². The Morgan fingerprint density at radius 2 is 1.78 bits per heavy atom. The molecule has 2 N–H and O–H groups in total. The zero-order valence-electron chi connectivity index (χ0n) is 11.9. The molecule has 0 unspecified atom stereocenters. The highest BCUT2D eigenvalue weighted by Crippen LogP contribution is 2.28. The maximum Gasteiger partial charge on any atom is 0.258 e. The molecule has 0 bridgehead atoms. The van der Waals surface area contributed by atoms with Crippen molar-refractivity contribution in [3.63, 3.8) is 0 Å². The first-order valence-electron chi connectivity index (χ1n) is 6.84. The average molecular weight is 347 g/mol. The van der Waals surface area contributed by atoms with Gasteiger partial charge in [-0.15, -0.1) is 0 Å². The number of aromatic nitrogens is 1. The molecule has 0 aliphatic carbocycles. The van der Waals surface area contributed by atoms with Crippen molar-refractivity contribution in [2.75, 3.05) is 5.32 Å². The van der Waals surface area contributed by atoms with Crippen LogP contribution in [-0.4, -0.2) is 16.0 Å². The highest BCUT2D eigenvalue weighted by molar-refractivity contribution is 6.40. The van der Waals surface area contributed by atoms with Crippen LogP contribution in [0.4, 0.5) is 5.69 Å². The number of nitrogens with zero attached hydrogens (tertiary/aromatic N) is 1. The summed E-state index contributed by atoms with van der Waals surface area (Å²) in [6.07, 6.45) is 1.59. The molecule has 0 saturated carbocycles. The quantitative estimate of drug-likeness (QED) is 0.743. The molecule has 3 rings (SSSR count). The standard InChI is InChI=1S/C17H12Cl2N2O2/c18-12-4-2-5-13(19)15(12)17(23)21-14-6-1-3-11-10(9-22)7-8-20-16(11)14/h1-8,22H,9H2,(H,21,23). The Hall–Kier alpha value is -2.14. The van der Waals surface area contributed by atoms with Crippen molar-refractivity contribution < 1.29 is 9.90 Å². The van der Waals surface area contributed by atoms with Crippen LogP contribution in [0, 0.1) is 0 Å². The number of hydrogen-bond acceptors (Lipinski definition) is 3. The molecule has 23 heavy (non-hydrogen) atoms. The number of aliphatic hydroxyl groups excluding tert-OH is 1. The minimum atomic E-state index is -0.413. The monoisotopic (exact) mass is 346 g/mol. The van der Waals surface area contributed by atoms with E-state index in [4.69, 9.17) is 23.2 Å². The van der Waals surface area contributed by atoms with Crippen LogP contribution in [0.25, 0.3) is 10.9 Å². The lowest BCUT2D eigenvalue weighted by Crippen LogP contribution is -2.13. The highest BCUT2D eigenvalue weighted by atomic mass is 35.5. The fraction of sp³-hybridized carbons (Fsp3) is 0.0588. The summed E-state index contributed by atoms with van der Waals surface area (Å²) in [6.45, 7) is -0.104. The van der Waals surface area contributed by atoms with Crippen LogP contribution in [0.2, 0.25) is 10.0 Å². The predicted octanol–water partition coefficient (Wildman–Crippen LogP) is 4.29. The van der Waals surface area contributed by atoms with E-state index in [1.54, 1.807) is 42.6 Å². The first kappa shape index (κ1) is 15.7. The fourth-order valence-corrected chi connectivity index (χ4v) is 2.94. The van der Waals surface area contributed by atoms with Gasteiger partial charge in [-0.05, 0) is 29.8 Å². The molecule has 1 aromatic heterocycles. The molecule has 0 spiro atoms. The fourth-order valence-electron chi connectivity index (χ4n) is 2.37. The van der Waals surface area contributed by atoms with E-state index in [0.717, 1.165) is 10.9 Å². The van der Waals surface area contributed by atoms with Gasteiger partial charge in [0.2, 0.25) is 0 Å². The number of carbonyl (C=O) groups excluding carboxylic acids is 1. The first-order valence-corrected chi connectivity index (χ1v) is 7.60. The molecule has 0 aliphatic rings. The third-order valence-corrected chi connectivity index (χ3v) is 4.10.